The second-order valence-electron chi connectivity index (χ2n) is 6.25. The quantitative estimate of drug-likeness (QED) is 0.932. The molecule has 1 saturated heterocycles. The van der Waals surface area contributed by atoms with Crippen molar-refractivity contribution in [3.05, 3.63) is 59.7 Å². The topological polar surface area (TPSA) is 53.9 Å². The highest BCUT2D eigenvalue weighted by molar-refractivity contribution is 6.11. The summed E-state index contributed by atoms with van der Waals surface area (Å²) in [5.74, 6) is 0.497. The van der Waals surface area contributed by atoms with Crippen LogP contribution in [0.25, 0.3) is 0 Å². The van der Waals surface area contributed by atoms with Crippen LogP contribution in [0.1, 0.15) is 28.8 Å². The molecule has 0 unspecified atom stereocenters. The van der Waals surface area contributed by atoms with Gasteiger partial charge in [0.05, 0.1) is 23.4 Å². The van der Waals surface area contributed by atoms with Crippen molar-refractivity contribution in [1.29, 1.82) is 0 Å². The first-order valence-corrected chi connectivity index (χ1v) is 8.75. The Morgan fingerprint density at radius 2 is 1.80 bits per heavy atom. The Hall–Kier alpha value is -2.82. The summed E-state index contributed by atoms with van der Waals surface area (Å²) in [6.45, 7) is 3.27. The zero-order valence-corrected chi connectivity index (χ0v) is 14.1. The van der Waals surface area contributed by atoms with Gasteiger partial charge in [-0.3, -0.25) is 4.79 Å². The third-order valence-corrected chi connectivity index (χ3v) is 4.59. The van der Waals surface area contributed by atoms with E-state index < -0.39 is 0 Å². The van der Waals surface area contributed by atoms with E-state index in [2.05, 4.69) is 15.2 Å². The van der Waals surface area contributed by atoms with Crippen molar-refractivity contribution < 1.29 is 9.53 Å². The minimum atomic E-state index is -0.103. The molecule has 1 N–H and O–H groups in total. The number of carbonyl (C=O) groups excluding carboxylic acids is 1. The van der Waals surface area contributed by atoms with E-state index in [-0.39, 0.29) is 5.91 Å². The maximum Gasteiger partial charge on any atom is 0.257 e. The van der Waals surface area contributed by atoms with Crippen LogP contribution in [0.3, 0.4) is 0 Å². The number of hydrogen-bond donors (Lipinski definition) is 1. The van der Waals surface area contributed by atoms with Gasteiger partial charge in [0.1, 0.15) is 6.61 Å². The summed E-state index contributed by atoms with van der Waals surface area (Å²) < 4.78 is 5.56. The van der Waals surface area contributed by atoms with Crippen molar-refractivity contribution in [3.8, 4) is 0 Å². The zero-order chi connectivity index (χ0) is 17.1. The summed E-state index contributed by atoms with van der Waals surface area (Å²) in [6.07, 6.45) is 2.35. The van der Waals surface area contributed by atoms with Crippen LogP contribution in [0.4, 0.5) is 11.4 Å². The molecular weight excluding hydrogens is 314 g/mol. The van der Waals surface area contributed by atoms with E-state index in [4.69, 9.17) is 4.74 Å². The number of anilines is 2. The average molecular weight is 335 g/mol. The maximum atomic E-state index is 12.9. The molecule has 2 heterocycles. The van der Waals surface area contributed by atoms with Crippen molar-refractivity contribution >= 4 is 23.2 Å². The lowest BCUT2D eigenvalue weighted by Gasteiger charge is -2.21. The van der Waals surface area contributed by atoms with E-state index in [0.29, 0.717) is 24.6 Å². The molecule has 0 atom stereocenters. The normalized spacial score (nSPS) is 16.5. The van der Waals surface area contributed by atoms with E-state index in [0.717, 1.165) is 30.0 Å². The first-order valence-electron chi connectivity index (χ1n) is 8.75. The molecule has 5 nitrogen and oxygen atoms in total. The number of benzene rings is 2. The van der Waals surface area contributed by atoms with Crippen LogP contribution in [-0.4, -0.2) is 38.0 Å². The van der Waals surface area contributed by atoms with Gasteiger partial charge in [-0.15, -0.1) is 0 Å². The molecule has 2 aliphatic rings. The summed E-state index contributed by atoms with van der Waals surface area (Å²) in [4.78, 5) is 19.6. The van der Waals surface area contributed by atoms with Crippen molar-refractivity contribution in [2.75, 3.05) is 36.5 Å². The second-order valence-corrected chi connectivity index (χ2v) is 6.25. The van der Waals surface area contributed by atoms with Gasteiger partial charge in [0, 0.05) is 18.8 Å². The minimum absolute atomic E-state index is 0.103. The number of nitrogens with zero attached hydrogens (tertiary/aromatic N) is 2. The summed E-state index contributed by atoms with van der Waals surface area (Å²) in [5, 5.41) is 3.04. The predicted molar refractivity (Wildman–Crippen MR) is 99.6 cm³/mol. The van der Waals surface area contributed by atoms with E-state index in [1.807, 2.05) is 48.5 Å². The molecule has 0 spiro atoms. The highest BCUT2D eigenvalue weighted by Gasteiger charge is 2.21. The molecule has 5 heteroatoms. The van der Waals surface area contributed by atoms with Crippen molar-refractivity contribution in [3.63, 3.8) is 0 Å². The third kappa shape index (κ3) is 3.22. The SMILES string of the molecule is O=C(Nc1ccccc1C1=NCCO1)c1ccccc1N1CCCC1. The standard InChI is InChI=1S/C20H21N3O2/c24-19(16-8-2-4-10-18(16)23-12-5-6-13-23)22-17-9-3-1-7-15(17)20-21-11-14-25-20/h1-4,7-10H,5-6,11-14H2,(H,22,24). The summed E-state index contributed by atoms with van der Waals surface area (Å²) in [5.41, 5.74) is 3.26. The molecular formula is C20H21N3O2. The number of amides is 1. The molecule has 2 aliphatic heterocycles. The maximum absolute atomic E-state index is 12.9. The summed E-state index contributed by atoms with van der Waals surface area (Å²) >= 11 is 0. The number of aliphatic imine (C=N–C) groups is 1. The molecule has 1 amide bonds. The Kier molecular flexibility index (Phi) is 4.37. The number of para-hydroxylation sites is 2. The molecule has 0 saturated carbocycles. The van der Waals surface area contributed by atoms with Crippen LogP contribution in [-0.2, 0) is 4.74 Å². The fraction of sp³-hybridized carbons (Fsp3) is 0.300. The largest absolute Gasteiger partial charge is 0.475 e. The third-order valence-electron chi connectivity index (χ3n) is 4.59. The number of nitrogens with one attached hydrogen (secondary N) is 1. The van der Waals surface area contributed by atoms with E-state index >= 15 is 0 Å². The van der Waals surface area contributed by atoms with Crippen molar-refractivity contribution in [2.45, 2.75) is 12.8 Å². The van der Waals surface area contributed by atoms with Crippen LogP contribution in [0.5, 0.6) is 0 Å². The molecule has 25 heavy (non-hydrogen) atoms. The lowest BCUT2D eigenvalue weighted by atomic mass is 10.1. The van der Waals surface area contributed by atoms with E-state index in [1.165, 1.54) is 12.8 Å². The molecule has 1 fully saturated rings. The van der Waals surface area contributed by atoms with E-state index in [9.17, 15) is 4.79 Å². The predicted octanol–water partition coefficient (Wildman–Crippen LogP) is 3.32. The fourth-order valence-electron chi connectivity index (χ4n) is 3.37. The van der Waals surface area contributed by atoms with Gasteiger partial charge < -0.3 is 15.0 Å². The molecule has 128 valence electrons. The minimum Gasteiger partial charge on any atom is -0.475 e. The second kappa shape index (κ2) is 6.97. The van der Waals surface area contributed by atoms with Gasteiger partial charge in [-0.25, -0.2) is 4.99 Å². The van der Waals surface area contributed by atoms with Gasteiger partial charge in [0.15, 0.2) is 0 Å². The number of rotatable bonds is 4. The summed E-state index contributed by atoms with van der Waals surface area (Å²) in [7, 11) is 0. The van der Waals surface area contributed by atoms with Crippen LogP contribution >= 0.6 is 0 Å². The van der Waals surface area contributed by atoms with Gasteiger partial charge in [0.25, 0.3) is 5.91 Å². The van der Waals surface area contributed by atoms with Crippen molar-refractivity contribution in [2.24, 2.45) is 4.99 Å². The van der Waals surface area contributed by atoms with Gasteiger partial charge >= 0.3 is 0 Å². The van der Waals surface area contributed by atoms with Crippen LogP contribution in [0.2, 0.25) is 0 Å². The Bertz CT molecular complexity index is 810. The van der Waals surface area contributed by atoms with E-state index in [1.54, 1.807) is 0 Å². The monoisotopic (exact) mass is 335 g/mol. The molecule has 0 bridgehead atoms. The zero-order valence-electron chi connectivity index (χ0n) is 14.1. The number of hydrogen-bond acceptors (Lipinski definition) is 4. The Morgan fingerprint density at radius 3 is 2.60 bits per heavy atom. The highest BCUT2D eigenvalue weighted by atomic mass is 16.5. The van der Waals surface area contributed by atoms with Crippen LogP contribution in [0.15, 0.2) is 53.5 Å². The highest BCUT2D eigenvalue weighted by Crippen LogP contribution is 2.26. The van der Waals surface area contributed by atoms with Gasteiger partial charge in [-0.1, -0.05) is 24.3 Å². The smallest absolute Gasteiger partial charge is 0.257 e. The first-order chi connectivity index (χ1) is 12.3. The van der Waals surface area contributed by atoms with Crippen molar-refractivity contribution in [1.82, 2.24) is 0 Å². The average Bonchev–Trinajstić information content (AvgIpc) is 3.36. The Morgan fingerprint density at radius 1 is 1.04 bits per heavy atom. The molecule has 2 aromatic rings. The fourth-order valence-corrected chi connectivity index (χ4v) is 3.37. The van der Waals surface area contributed by atoms with Crippen LogP contribution in [0, 0.1) is 0 Å². The molecule has 0 aliphatic carbocycles. The Labute approximate surface area is 147 Å². The van der Waals surface area contributed by atoms with Gasteiger partial charge in [-0.2, -0.15) is 0 Å². The van der Waals surface area contributed by atoms with Gasteiger partial charge in [-0.05, 0) is 37.1 Å². The lowest BCUT2D eigenvalue weighted by molar-refractivity contribution is 0.102. The lowest BCUT2D eigenvalue weighted by Crippen LogP contribution is -2.23. The molecule has 2 aromatic carbocycles. The molecule has 4 rings (SSSR count). The molecule has 0 radical (unpaired) electrons. The molecule has 0 aromatic heterocycles. The van der Waals surface area contributed by atoms with Gasteiger partial charge in [0.2, 0.25) is 5.90 Å². The number of carbonyl (C=O) groups is 1. The number of ether oxygens (including phenoxy) is 1. The Balaban J connectivity index is 1.61. The summed E-state index contributed by atoms with van der Waals surface area (Å²) in [6, 6.07) is 15.4. The first kappa shape index (κ1) is 15.7. The van der Waals surface area contributed by atoms with Crippen LogP contribution < -0.4 is 10.2 Å².